The van der Waals surface area contributed by atoms with Gasteiger partial charge in [-0.05, 0) is 55.0 Å². The Balaban J connectivity index is 1.43. The second kappa shape index (κ2) is 10.7. The molecule has 2 N–H and O–H groups in total. The van der Waals surface area contributed by atoms with Crippen LogP contribution in [-0.4, -0.2) is 53.9 Å². The maximum Gasteiger partial charge on any atom is 0.341 e. The fourth-order valence-corrected chi connectivity index (χ4v) is 5.21. The van der Waals surface area contributed by atoms with E-state index in [9.17, 15) is 9.90 Å². The molecule has 1 aliphatic heterocycles. The van der Waals surface area contributed by atoms with Crippen LogP contribution in [0.2, 0.25) is 0 Å². The average Bonchev–Trinajstić information content (AvgIpc) is 3.22. The number of anilines is 2. The van der Waals surface area contributed by atoms with Gasteiger partial charge in [0.2, 0.25) is 0 Å². The molecular formula is C25H27N3O3S2. The number of hydrogen-bond acceptors (Lipinski definition) is 6. The van der Waals surface area contributed by atoms with Gasteiger partial charge >= 0.3 is 5.97 Å². The predicted molar refractivity (Wildman–Crippen MR) is 138 cm³/mol. The van der Waals surface area contributed by atoms with Crippen LogP contribution in [0.4, 0.5) is 10.7 Å². The van der Waals surface area contributed by atoms with Crippen molar-refractivity contribution in [3.63, 3.8) is 0 Å². The van der Waals surface area contributed by atoms with Gasteiger partial charge in [0.15, 0.2) is 5.11 Å². The average molecular weight is 482 g/mol. The van der Waals surface area contributed by atoms with Crippen molar-refractivity contribution in [1.29, 1.82) is 0 Å². The minimum atomic E-state index is -0.337. The molecule has 4 rings (SSSR count). The molecule has 2 aromatic carbocycles. The van der Waals surface area contributed by atoms with E-state index >= 15 is 0 Å². The highest BCUT2D eigenvalue weighted by molar-refractivity contribution is 7.80. The summed E-state index contributed by atoms with van der Waals surface area (Å²) in [4.78, 5) is 18.0. The highest BCUT2D eigenvalue weighted by Gasteiger charge is 2.23. The number of piperazine rings is 1. The largest absolute Gasteiger partial charge is 0.508 e. The Kier molecular flexibility index (Phi) is 7.47. The van der Waals surface area contributed by atoms with Crippen molar-refractivity contribution in [3.05, 3.63) is 76.7 Å². The molecule has 1 aromatic heterocycles. The van der Waals surface area contributed by atoms with Crippen molar-refractivity contribution < 1.29 is 14.6 Å². The van der Waals surface area contributed by atoms with E-state index in [1.807, 2.05) is 36.4 Å². The molecule has 2 heterocycles. The number of benzene rings is 2. The number of nitrogens with zero attached hydrogens (tertiary/aromatic N) is 2. The van der Waals surface area contributed by atoms with E-state index in [0.717, 1.165) is 48.2 Å². The minimum absolute atomic E-state index is 0.266. The summed E-state index contributed by atoms with van der Waals surface area (Å²) in [5.41, 5.74) is 2.80. The molecule has 1 saturated heterocycles. The fraction of sp³-hybridized carbons (Fsp3) is 0.280. The molecule has 1 fully saturated rings. The number of phenols is 1. The van der Waals surface area contributed by atoms with Gasteiger partial charge in [0.1, 0.15) is 10.8 Å². The molecule has 172 valence electrons. The first-order valence-corrected chi connectivity index (χ1v) is 12.2. The number of phenolic OH excluding ortho intramolecular Hbond substituents is 1. The van der Waals surface area contributed by atoms with Crippen molar-refractivity contribution >= 4 is 45.3 Å². The number of rotatable bonds is 6. The SMILES string of the molecule is CCOC(=O)c1cc(Cc2ccccc2)sc1NC(=S)N1CCN(c2ccc(O)cc2)CC1. The third kappa shape index (κ3) is 5.83. The Hall–Kier alpha value is -3.10. The zero-order chi connectivity index (χ0) is 23.2. The van der Waals surface area contributed by atoms with Crippen LogP contribution in [-0.2, 0) is 11.2 Å². The summed E-state index contributed by atoms with van der Waals surface area (Å²) >= 11 is 7.24. The Morgan fingerprint density at radius 1 is 1.09 bits per heavy atom. The monoisotopic (exact) mass is 481 g/mol. The van der Waals surface area contributed by atoms with Gasteiger partial charge in [-0.1, -0.05) is 30.3 Å². The van der Waals surface area contributed by atoms with Crippen molar-refractivity contribution in [3.8, 4) is 5.75 Å². The van der Waals surface area contributed by atoms with Gasteiger partial charge in [0.05, 0.1) is 12.2 Å². The van der Waals surface area contributed by atoms with Gasteiger partial charge in [0.25, 0.3) is 0 Å². The first kappa shape index (κ1) is 23.1. The summed E-state index contributed by atoms with van der Waals surface area (Å²) in [6.45, 7) is 5.31. The first-order valence-electron chi connectivity index (χ1n) is 11.0. The van der Waals surface area contributed by atoms with E-state index < -0.39 is 0 Å². The lowest BCUT2D eigenvalue weighted by molar-refractivity contribution is 0.0528. The number of thiophene rings is 1. The van der Waals surface area contributed by atoms with E-state index in [4.69, 9.17) is 17.0 Å². The van der Waals surface area contributed by atoms with Crippen LogP contribution in [0.15, 0.2) is 60.7 Å². The lowest BCUT2D eigenvalue weighted by Gasteiger charge is -2.37. The number of thiocarbonyl (C=S) groups is 1. The second-order valence-corrected chi connectivity index (χ2v) is 9.28. The zero-order valence-corrected chi connectivity index (χ0v) is 20.1. The third-order valence-electron chi connectivity index (χ3n) is 5.50. The number of esters is 1. The molecule has 1 aliphatic rings. The zero-order valence-electron chi connectivity index (χ0n) is 18.5. The van der Waals surface area contributed by atoms with Gasteiger partial charge in [-0.2, -0.15) is 0 Å². The van der Waals surface area contributed by atoms with Crippen molar-refractivity contribution in [2.75, 3.05) is 43.0 Å². The molecule has 8 heteroatoms. The van der Waals surface area contributed by atoms with Gasteiger partial charge in [-0.15, -0.1) is 11.3 Å². The third-order valence-corrected chi connectivity index (χ3v) is 6.91. The molecule has 0 atom stereocenters. The van der Waals surface area contributed by atoms with Crippen LogP contribution in [0.25, 0.3) is 0 Å². The molecule has 3 aromatic rings. The summed E-state index contributed by atoms with van der Waals surface area (Å²) in [5.74, 6) is -0.0711. The van der Waals surface area contributed by atoms with E-state index in [-0.39, 0.29) is 11.7 Å². The topological polar surface area (TPSA) is 65.0 Å². The Morgan fingerprint density at radius 2 is 1.79 bits per heavy atom. The molecule has 33 heavy (non-hydrogen) atoms. The Morgan fingerprint density at radius 3 is 2.45 bits per heavy atom. The summed E-state index contributed by atoms with van der Waals surface area (Å²) in [5, 5.41) is 14.2. The number of carbonyl (C=O) groups excluding carboxylic acids is 1. The van der Waals surface area contributed by atoms with Crippen molar-refractivity contribution in [1.82, 2.24) is 4.90 Å². The van der Waals surface area contributed by atoms with E-state index in [2.05, 4.69) is 27.2 Å². The lowest BCUT2D eigenvalue weighted by Crippen LogP contribution is -2.50. The normalized spacial score (nSPS) is 13.6. The van der Waals surface area contributed by atoms with Crippen LogP contribution < -0.4 is 10.2 Å². The maximum absolute atomic E-state index is 12.6. The van der Waals surface area contributed by atoms with Gasteiger partial charge in [-0.3, -0.25) is 0 Å². The second-order valence-electron chi connectivity index (χ2n) is 7.76. The molecule has 0 spiro atoms. The molecule has 0 unspecified atom stereocenters. The van der Waals surface area contributed by atoms with Crippen LogP contribution in [0.5, 0.6) is 5.75 Å². The number of hydrogen-bond donors (Lipinski definition) is 2. The molecule has 6 nitrogen and oxygen atoms in total. The molecule has 0 aliphatic carbocycles. The quantitative estimate of drug-likeness (QED) is 0.389. The summed E-state index contributed by atoms with van der Waals surface area (Å²) in [7, 11) is 0. The van der Waals surface area contributed by atoms with Crippen molar-refractivity contribution in [2.45, 2.75) is 13.3 Å². The number of ether oxygens (including phenoxy) is 1. The fourth-order valence-electron chi connectivity index (χ4n) is 3.79. The number of carbonyl (C=O) groups is 1. The molecule has 0 amide bonds. The molecular weight excluding hydrogens is 454 g/mol. The minimum Gasteiger partial charge on any atom is -0.508 e. The van der Waals surface area contributed by atoms with E-state index in [1.54, 1.807) is 19.1 Å². The highest BCUT2D eigenvalue weighted by Crippen LogP contribution is 2.31. The van der Waals surface area contributed by atoms with Crippen LogP contribution in [0.3, 0.4) is 0 Å². The van der Waals surface area contributed by atoms with Gasteiger partial charge in [0, 0.05) is 43.2 Å². The number of aromatic hydroxyl groups is 1. The molecule has 0 saturated carbocycles. The lowest BCUT2D eigenvalue weighted by atomic mass is 10.1. The Labute approximate surface area is 203 Å². The summed E-state index contributed by atoms with van der Waals surface area (Å²) in [6.07, 6.45) is 0.748. The number of nitrogens with one attached hydrogen (secondary N) is 1. The smallest absolute Gasteiger partial charge is 0.341 e. The predicted octanol–water partition coefficient (Wildman–Crippen LogP) is 4.74. The van der Waals surface area contributed by atoms with Crippen LogP contribution in [0.1, 0.15) is 27.7 Å². The van der Waals surface area contributed by atoms with E-state index in [1.165, 1.54) is 16.9 Å². The van der Waals surface area contributed by atoms with E-state index in [0.29, 0.717) is 17.3 Å². The Bertz CT molecular complexity index is 1090. The summed E-state index contributed by atoms with van der Waals surface area (Å²) < 4.78 is 5.28. The van der Waals surface area contributed by atoms with Gasteiger partial charge in [-0.25, -0.2) is 4.79 Å². The van der Waals surface area contributed by atoms with Crippen LogP contribution >= 0.6 is 23.6 Å². The van der Waals surface area contributed by atoms with Crippen LogP contribution in [0, 0.1) is 0 Å². The summed E-state index contributed by atoms with van der Waals surface area (Å²) in [6, 6.07) is 19.3. The first-order chi connectivity index (χ1) is 16.0. The van der Waals surface area contributed by atoms with Crippen molar-refractivity contribution in [2.24, 2.45) is 0 Å². The van der Waals surface area contributed by atoms with Gasteiger partial charge < -0.3 is 25.0 Å². The molecule has 0 radical (unpaired) electrons. The standard InChI is InChI=1S/C25H27N3O3S2/c1-2-31-24(30)22-17-21(16-18-6-4-3-5-7-18)33-23(22)26-25(32)28-14-12-27(13-15-28)19-8-10-20(29)11-9-19/h3-11,17,29H,2,12-16H2,1H3,(H,26,32). The maximum atomic E-state index is 12.6. The highest BCUT2D eigenvalue weighted by atomic mass is 32.1. The molecule has 0 bridgehead atoms.